The lowest BCUT2D eigenvalue weighted by molar-refractivity contribution is -0.137. The van der Waals surface area contributed by atoms with E-state index >= 15 is 0 Å². The third-order valence-corrected chi connectivity index (χ3v) is 2.60. The van der Waals surface area contributed by atoms with Gasteiger partial charge in [-0.3, -0.25) is 0 Å². The van der Waals surface area contributed by atoms with E-state index in [0.29, 0.717) is 5.57 Å². The van der Waals surface area contributed by atoms with Crippen LogP contribution < -0.4 is 0 Å². The largest absolute Gasteiger partial charge is 0.458 e. The van der Waals surface area contributed by atoms with E-state index in [-0.39, 0.29) is 12.6 Å². The van der Waals surface area contributed by atoms with Crippen LogP contribution in [0.25, 0.3) is 0 Å². The number of carbonyl (C=O) groups is 1. The maximum Gasteiger partial charge on any atom is 0.333 e. The number of hydrogen-bond acceptors (Lipinski definition) is 2. The minimum atomic E-state index is -1.31. The van der Waals surface area contributed by atoms with Crippen LogP contribution in [0, 0.1) is 0 Å². The fourth-order valence-corrected chi connectivity index (χ4v) is 2.37. The molecule has 0 saturated heterocycles. The zero-order chi connectivity index (χ0) is 10.5. The Hall–Kier alpha value is -0.833. The first-order valence-corrected chi connectivity index (χ1v) is 7.92. The van der Waals surface area contributed by atoms with E-state index in [9.17, 15) is 4.79 Å². The zero-order valence-corrected chi connectivity index (χ0v) is 9.89. The van der Waals surface area contributed by atoms with Crippen LogP contribution in [0.5, 0.6) is 0 Å². The van der Waals surface area contributed by atoms with Gasteiger partial charge in [0.15, 0.2) is 0 Å². The van der Waals surface area contributed by atoms with E-state index in [2.05, 4.69) is 26.2 Å². The molecular formula is C10H18O2Si. The van der Waals surface area contributed by atoms with Crippen molar-refractivity contribution in [3.63, 3.8) is 0 Å². The van der Waals surface area contributed by atoms with Gasteiger partial charge in [-0.05, 0) is 6.92 Å². The highest BCUT2D eigenvalue weighted by atomic mass is 28.3. The molecule has 0 spiro atoms. The molecular weight excluding hydrogens is 180 g/mol. The molecule has 0 aromatic heterocycles. The molecule has 0 atom stereocenters. The summed E-state index contributed by atoms with van der Waals surface area (Å²) in [5.74, 6) is -0.234. The molecule has 0 unspecified atom stereocenters. The third-order valence-electron chi connectivity index (χ3n) is 1.30. The highest BCUT2D eigenvalue weighted by molar-refractivity contribution is 6.81. The van der Waals surface area contributed by atoms with Crippen LogP contribution in [0.2, 0.25) is 19.6 Å². The molecule has 13 heavy (non-hydrogen) atoms. The molecule has 0 amide bonds. The van der Waals surface area contributed by atoms with Crippen molar-refractivity contribution in [3.05, 3.63) is 23.9 Å². The quantitative estimate of drug-likeness (QED) is 0.300. The lowest BCUT2D eigenvalue weighted by atomic mass is 10.4. The van der Waals surface area contributed by atoms with Gasteiger partial charge in [0.1, 0.15) is 6.61 Å². The Kier molecular flexibility index (Phi) is 4.70. The number of rotatable bonds is 4. The molecule has 3 heteroatoms. The minimum absolute atomic E-state index is 0.234. The van der Waals surface area contributed by atoms with Crippen LogP contribution >= 0.6 is 0 Å². The van der Waals surface area contributed by atoms with E-state index in [1.54, 1.807) is 13.0 Å². The molecule has 0 saturated carbocycles. The zero-order valence-electron chi connectivity index (χ0n) is 8.89. The first-order valence-electron chi connectivity index (χ1n) is 4.34. The van der Waals surface area contributed by atoms with Crippen molar-refractivity contribution in [2.24, 2.45) is 0 Å². The number of hydrogen-bond donors (Lipinski definition) is 0. The molecule has 74 valence electrons. The Labute approximate surface area is 81.3 Å². The molecule has 2 nitrogen and oxygen atoms in total. The van der Waals surface area contributed by atoms with Gasteiger partial charge in [-0.2, -0.15) is 0 Å². The molecule has 0 aliphatic rings. The maximum atomic E-state index is 11.3. The SMILES string of the molecule is C=CCOC(=O)C(C)=C[Si](C)(C)C. The number of carbonyl (C=O) groups excluding carboxylic acids is 1. The van der Waals surface area contributed by atoms with Gasteiger partial charge in [-0.15, -0.1) is 0 Å². The smallest absolute Gasteiger partial charge is 0.333 e. The highest BCUT2D eigenvalue weighted by Gasteiger charge is 2.13. The molecule has 0 radical (unpaired) electrons. The Morgan fingerprint density at radius 3 is 2.38 bits per heavy atom. The highest BCUT2D eigenvalue weighted by Crippen LogP contribution is 2.07. The van der Waals surface area contributed by atoms with Crippen LogP contribution in [0.15, 0.2) is 23.9 Å². The second-order valence-electron chi connectivity index (χ2n) is 4.08. The molecule has 0 aliphatic heterocycles. The molecule has 0 aliphatic carbocycles. The van der Waals surface area contributed by atoms with Crippen LogP contribution in [0.4, 0.5) is 0 Å². The van der Waals surface area contributed by atoms with Crippen LogP contribution in [0.1, 0.15) is 6.92 Å². The van der Waals surface area contributed by atoms with Crippen LogP contribution in [0.3, 0.4) is 0 Å². The maximum absolute atomic E-state index is 11.3. The normalized spacial score (nSPS) is 12.5. The fraction of sp³-hybridized carbons (Fsp3) is 0.500. The van der Waals surface area contributed by atoms with Crippen molar-refractivity contribution in [1.82, 2.24) is 0 Å². The molecule has 0 aromatic rings. The summed E-state index contributed by atoms with van der Waals surface area (Å²) in [6.45, 7) is 12.1. The van der Waals surface area contributed by atoms with Gasteiger partial charge in [-0.1, -0.05) is 38.0 Å². The fourth-order valence-electron chi connectivity index (χ4n) is 0.957. The van der Waals surface area contributed by atoms with Crippen molar-refractivity contribution in [3.8, 4) is 0 Å². The second kappa shape index (κ2) is 5.02. The van der Waals surface area contributed by atoms with Crippen molar-refractivity contribution >= 4 is 14.0 Å². The van der Waals surface area contributed by atoms with E-state index in [1.807, 2.05) is 5.70 Å². The Morgan fingerprint density at radius 2 is 2.00 bits per heavy atom. The molecule has 0 bridgehead atoms. The number of esters is 1. The minimum Gasteiger partial charge on any atom is -0.458 e. The topological polar surface area (TPSA) is 26.3 Å². The summed E-state index contributed by atoms with van der Waals surface area (Å²) in [5.41, 5.74) is 2.75. The van der Waals surface area contributed by atoms with E-state index in [1.165, 1.54) is 0 Å². The Balaban J connectivity index is 4.25. The van der Waals surface area contributed by atoms with Gasteiger partial charge in [0, 0.05) is 5.57 Å². The summed E-state index contributed by atoms with van der Waals surface area (Å²) < 4.78 is 4.90. The van der Waals surface area contributed by atoms with Crippen molar-refractivity contribution < 1.29 is 9.53 Å². The number of ether oxygens (including phenoxy) is 1. The van der Waals surface area contributed by atoms with E-state index in [0.717, 1.165) is 0 Å². The summed E-state index contributed by atoms with van der Waals surface area (Å²) in [6.07, 6.45) is 1.57. The average molecular weight is 198 g/mol. The van der Waals surface area contributed by atoms with Gasteiger partial charge in [0.25, 0.3) is 0 Å². The van der Waals surface area contributed by atoms with Gasteiger partial charge >= 0.3 is 5.97 Å². The average Bonchev–Trinajstić information content (AvgIpc) is 1.96. The summed E-state index contributed by atoms with van der Waals surface area (Å²) in [7, 11) is -1.31. The van der Waals surface area contributed by atoms with Gasteiger partial charge in [0.2, 0.25) is 0 Å². The second-order valence-corrected chi connectivity index (χ2v) is 9.10. The molecule has 0 aromatic carbocycles. The Bertz CT molecular complexity index is 224. The summed E-state index contributed by atoms with van der Waals surface area (Å²) in [5, 5.41) is 0. The molecule has 0 fully saturated rings. The standard InChI is InChI=1S/C10H18O2Si/c1-6-7-12-10(11)9(2)8-13(3,4)5/h6,8H,1,7H2,2-5H3. The van der Waals surface area contributed by atoms with Crippen molar-refractivity contribution in [1.29, 1.82) is 0 Å². The molecule has 0 rings (SSSR count). The Morgan fingerprint density at radius 1 is 1.46 bits per heavy atom. The predicted molar refractivity (Wildman–Crippen MR) is 58.3 cm³/mol. The summed E-state index contributed by atoms with van der Waals surface area (Å²) >= 11 is 0. The van der Waals surface area contributed by atoms with E-state index in [4.69, 9.17) is 4.74 Å². The van der Waals surface area contributed by atoms with Crippen LogP contribution in [-0.4, -0.2) is 20.7 Å². The lowest BCUT2D eigenvalue weighted by Gasteiger charge is -2.11. The van der Waals surface area contributed by atoms with Crippen LogP contribution in [-0.2, 0) is 9.53 Å². The monoisotopic (exact) mass is 198 g/mol. The van der Waals surface area contributed by atoms with Gasteiger partial charge in [0.05, 0.1) is 8.07 Å². The predicted octanol–water partition coefficient (Wildman–Crippen LogP) is 2.54. The first kappa shape index (κ1) is 12.2. The van der Waals surface area contributed by atoms with E-state index < -0.39 is 8.07 Å². The summed E-state index contributed by atoms with van der Waals surface area (Å²) in [4.78, 5) is 11.3. The lowest BCUT2D eigenvalue weighted by Crippen LogP contribution is -2.19. The first-order chi connectivity index (χ1) is 5.87. The van der Waals surface area contributed by atoms with Crippen molar-refractivity contribution in [2.45, 2.75) is 26.6 Å². The third kappa shape index (κ3) is 6.34. The van der Waals surface area contributed by atoms with Gasteiger partial charge in [-0.25, -0.2) is 4.79 Å². The molecule has 0 heterocycles. The summed E-state index contributed by atoms with van der Waals surface area (Å²) in [6, 6.07) is 0. The van der Waals surface area contributed by atoms with Crippen molar-refractivity contribution in [2.75, 3.05) is 6.61 Å². The van der Waals surface area contributed by atoms with Gasteiger partial charge < -0.3 is 4.74 Å². The molecule has 0 N–H and O–H groups in total.